The van der Waals surface area contributed by atoms with Crippen LogP contribution in [0.3, 0.4) is 0 Å². The van der Waals surface area contributed by atoms with E-state index in [4.69, 9.17) is 0 Å². The van der Waals surface area contributed by atoms with Crippen LogP contribution in [0.25, 0.3) is 11.0 Å². The Kier molecular flexibility index (Phi) is 2.31. The van der Waals surface area contributed by atoms with Crippen LogP contribution in [0.1, 0.15) is 43.0 Å². The third-order valence-corrected chi connectivity index (χ3v) is 3.69. The maximum absolute atomic E-state index is 12.0. The van der Waals surface area contributed by atoms with Crippen LogP contribution in [0.4, 0.5) is 0 Å². The first-order valence-corrected chi connectivity index (χ1v) is 6.25. The molecular weight excluding hydrogens is 214 g/mol. The first-order chi connectivity index (χ1) is 8.16. The summed E-state index contributed by atoms with van der Waals surface area (Å²) in [5, 5.41) is 3.71. The molecule has 0 atom stereocenters. The number of nitrogens with zero attached hydrogens (tertiary/aromatic N) is 2. The molecule has 4 heteroatoms. The summed E-state index contributed by atoms with van der Waals surface area (Å²) >= 11 is 0. The molecule has 0 aromatic carbocycles. The number of pyridine rings is 1. The predicted octanol–water partition coefficient (Wildman–Crippen LogP) is 2.46. The molecule has 17 heavy (non-hydrogen) atoms. The van der Waals surface area contributed by atoms with E-state index in [0.29, 0.717) is 6.04 Å². The van der Waals surface area contributed by atoms with Crippen LogP contribution in [-0.4, -0.2) is 14.8 Å². The number of hydrogen-bond acceptors (Lipinski definition) is 2. The summed E-state index contributed by atoms with van der Waals surface area (Å²) in [6, 6.07) is 2.39. The highest BCUT2D eigenvalue weighted by molar-refractivity contribution is 5.78. The Labute approximate surface area is 99.7 Å². The molecule has 0 radical (unpaired) electrons. The molecule has 1 aliphatic carbocycles. The topological polar surface area (TPSA) is 50.7 Å². The van der Waals surface area contributed by atoms with Crippen molar-refractivity contribution in [1.29, 1.82) is 0 Å². The van der Waals surface area contributed by atoms with Crippen molar-refractivity contribution in [1.82, 2.24) is 14.8 Å². The van der Waals surface area contributed by atoms with Gasteiger partial charge in [-0.05, 0) is 38.3 Å². The molecular formula is C13H17N3O. The highest BCUT2D eigenvalue weighted by atomic mass is 16.1. The van der Waals surface area contributed by atoms with Crippen LogP contribution in [0.2, 0.25) is 0 Å². The van der Waals surface area contributed by atoms with E-state index in [1.807, 2.05) is 24.6 Å². The van der Waals surface area contributed by atoms with Crippen molar-refractivity contribution in [3.63, 3.8) is 0 Å². The molecule has 0 saturated heterocycles. The van der Waals surface area contributed by atoms with Crippen LogP contribution in [0.15, 0.2) is 10.9 Å². The normalized spacial score (nSPS) is 17.1. The predicted molar refractivity (Wildman–Crippen MR) is 67.3 cm³/mol. The minimum atomic E-state index is -0.00287. The van der Waals surface area contributed by atoms with Crippen molar-refractivity contribution in [2.45, 2.75) is 45.6 Å². The van der Waals surface area contributed by atoms with Gasteiger partial charge in [0.05, 0.1) is 11.4 Å². The Morgan fingerprint density at radius 2 is 2.06 bits per heavy atom. The maximum Gasteiger partial charge on any atom is 0.273 e. The number of aryl methyl sites for hydroxylation is 2. The van der Waals surface area contributed by atoms with Crippen molar-refractivity contribution >= 4 is 11.0 Å². The number of rotatable bonds is 1. The summed E-state index contributed by atoms with van der Waals surface area (Å²) in [4.78, 5) is 16.5. The summed E-state index contributed by atoms with van der Waals surface area (Å²) in [6.07, 6.45) is 4.79. The van der Waals surface area contributed by atoms with E-state index in [-0.39, 0.29) is 5.56 Å². The zero-order valence-electron chi connectivity index (χ0n) is 10.3. The van der Waals surface area contributed by atoms with Gasteiger partial charge in [0.15, 0.2) is 5.65 Å². The number of H-pyrrole nitrogens is 1. The van der Waals surface area contributed by atoms with Crippen LogP contribution in [-0.2, 0) is 0 Å². The Morgan fingerprint density at radius 1 is 1.35 bits per heavy atom. The van der Waals surface area contributed by atoms with Crippen LogP contribution >= 0.6 is 0 Å². The molecule has 3 rings (SSSR count). The summed E-state index contributed by atoms with van der Waals surface area (Å²) in [7, 11) is 0. The smallest absolute Gasteiger partial charge is 0.267 e. The lowest BCUT2D eigenvalue weighted by Crippen LogP contribution is -2.10. The second-order valence-electron chi connectivity index (χ2n) is 5.03. The number of nitrogens with one attached hydrogen (secondary N) is 1. The van der Waals surface area contributed by atoms with E-state index in [9.17, 15) is 4.79 Å². The molecule has 1 saturated carbocycles. The zero-order chi connectivity index (χ0) is 12.0. The van der Waals surface area contributed by atoms with Crippen molar-refractivity contribution in [3.8, 4) is 0 Å². The van der Waals surface area contributed by atoms with Crippen molar-refractivity contribution in [2.24, 2.45) is 0 Å². The van der Waals surface area contributed by atoms with Gasteiger partial charge in [-0.2, -0.15) is 0 Å². The van der Waals surface area contributed by atoms with E-state index in [0.717, 1.165) is 35.1 Å². The molecule has 0 unspecified atom stereocenters. The molecule has 1 aliphatic rings. The molecule has 4 nitrogen and oxygen atoms in total. The van der Waals surface area contributed by atoms with Gasteiger partial charge < -0.3 is 0 Å². The number of aromatic nitrogens is 3. The van der Waals surface area contributed by atoms with Crippen molar-refractivity contribution in [3.05, 3.63) is 27.7 Å². The van der Waals surface area contributed by atoms with Gasteiger partial charge in [0.2, 0.25) is 0 Å². The first kappa shape index (κ1) is 10.6. The highest BCUT2D eigenvalue weighted by Crippen LogP contribution is 2.30. The minimum absolute atomic E-state index is 0.00287. The largest absolute Gasteiger partial charge is 0.273 e. The Bertz CT molecular complexity index is 617. The number of aromatic amines is 1. The summed E-state index contributed by atoms with van der Waals surface area (Å²) < 4.78 is 1.99. The van der Waals surface area contributed by atoms with Crippen molar-refractivity contribution < 1.29 is 0 Å². The first-order valence-electron chi connectivity index (χ1n) is 6.25. The van der Waals surface area contributed by atoms with E-state index in [1.165, 1.54) is 12.8 Å². The monoisotopic (exact) mass is 231 g/mol. The van der Waals surface area contributed by atoms with E-state index >= 15 is 0 Å². The second-order valence-corrected chi connectivity index (χ2v) is 5.03. The van der Waals surface area contributed by atoms with E-state index in [2.05, 4.69) is 10.1 Å². The molecule has 1 N–H and O–H groups in total. The molecule has 2 aromatic rings. The van der Waals surface area contributed by atoms with Crippen LogP contribution < -0.4 is 5.56 Å². The summed E-state index contributed by atoms with van der Waals surface area (Å²) in [6.45, 7) is 3.95. The zero-order valence-corrected chi connectivity index (χ0v) is 10.3. The molecule has 0 spiro atoms. The highest BCUT2D eigenvalue weighted by Gasteiger charge is 2.21. The van der Waals surface area contributed by atoms with Gasteiger partial charge in [-0.1, -0.05) is 12.8 Å². The van der Waals surface area contributed by atoms with E-state index in [1.54, 1.807) is 0 Å². The Hall–Kier alpha value is -1.58. The number of fused-ring (bicyclic) bond motifs is 1. The molecule has 0 aliphatic heterocycles. The second kappa shape index (κ2) is 3.72. The molecule has 1 fully saturated rings. The maximum atomic E-state index is 12.0. The molecule has 0 bridgehead atoms. The van der Waals surface area contributed by atoms with Gasteiger partial charge in [0, 0.05) is 5.69 Å². The third-order valence-electron chi connectivity index (χ3n) is 3.69. The fraction of sp³-hybridized carbons (Fsp3) is 0.538. The summed E-state index contributed by atoms with van der Waals surface area (Å²) in [5.74, 6) is 0. The van der Waals surface area contributed by atoms with Crippen LogP contribution in [0, 0.1) is 13.8 Å². The lowest BCUT2D eigenvalue weighted by Gasteiger charge is -2.11. The van der Waals surface area contributed by atoms with E-state index < -0.39 is 0 Å². The standard InChI is InChI=1S/C13H17N3O/c1-8-7-9(2)14-12-11(8)13(17)15-16(12)10-5-3-4-6-10/h7,10H,3-6H2,1-2H3,(H,15,17). The third kappa shape index (κ3) is 1.59. The lowest BCUT2D eigenvalue weighted by molar-refractivity contribution is 0.475. The quantitative estimate of drug-likeness (QED) is 0.819. The molecule has 2 aromatic heterocycles. The van der Waals surface area contributed by atoms with Crippen molar-refractivity contribution in [2.75, 3.05) is 0 Å². The Balaban J connectivity index is 2.29. The fourth-order valence-electron chi connectivity index (χ4n) is 2.92. The Morgan fingerprint density at radius 3 is 2.76 bits per heavy atom. The SMILES string of the molecule is Cc1cc(C)c2c(=O)[nH]n(C3CCCC3)c2n1. The average Bonchev–Trinajstić information content (AvgIpc) is 2.85. The average molecular weight is 231 g/mol. The molecule has 0 amide bonds. The van der Waals surface area contributed by atoms with Gasteiger partial charge in [-0.3, -0.25) is 14.6 Å². The fourth-order valence-corrected chi connectivity index (χ4v) is 2.92. The summed E-state index contributed by atoms with van der Waals surface area (Å²) in [5.41, 5.74) is 2.82. The van der Waals surface area contributed by atoms with Gasteiger partial charge in [0.1, 0.15) is 0 Å². The van der Waals surface area contributed by atoms with Gasteiger partial charge in [0.25, 0.3) is 5.56 Å². The van der Waals surface area contributed by atoms with Gasteiger partial charge in [-0.25, -0.2) is 4.98 Å². The molecule has 90 valence electrons. The lowest BCUT2D eigenvalue weighted by atomic mass is 10.2. The molecule has 2 heterocycles. The van der Waals surface area contributed by atoms with Gasteiger partial charge >= 0.3 is 0 Å². The minimum Gasteiger partial charge on any atom is -0.267 e. The van der Waals surface area contributed by atoms with Gasteiger partial charge in [-0.15, -0.1) is 0 Å². The van der Waals surface area contributed by atoms with Crippen LogP contribution in [0.5, 0.6) is 0 Å². The number of hydrogen-bond donors (Lipinski definition) is 1.